The third-order valence-corrected chi connectivity index (χ3v) is 4.82. The third-order valence-electron chi connectivity index (χ3n) is 4.82. The number of halogens is 1. The summed E-state index contributed by atoms with van der Waals surface area (Å²) in [5, 5.41) is 4.07. The molecule has 6 nitrogen and oxygen atoms in total. The summed E-state index contributed by atoms with van der Waals surface area (Å²) in [4.78, 5) is 19.4. The summed E-state index contributed by atoms with van der Waals surface area (Å²) in [6, 6.07) is 7.40. The number of hydrogen-bond acceptors (Lipinski definition) is 5. The van der Waals surface area contributed by atoms with Gasteiger partial charge in [0, 0.05) is 18.5 Å². The summed E-state index contributed by atoms with van der Waals surface area (Å²) in [6.45, 7) is 10.2. The number of nitrogens with two attached hydrogens (primary N) is 1. The molecule has 2 heterocycles. The molecule has 1 fully saturated rings. The van der Waals surface area contributed by atoms with Gasteiger partial charge in [0.25, 0.3) is 11.8 Å². The standard InChI is InChI=1S/C19H26N4O2.ClH/c1-18(2,3)17-21-15(25-22-17)13-7-5-6-8-14(13)16(24)23-10-9-19(4,11-20)12-23;/h5-8H,9-12,20H2,1-4H3;1H. The van der Waals surface area contributed by atoms with Gasteiger partial charge in [-0.25, -0.2) is 0 Å². The van der Waals surface area contributed by atoms with Crippen LogP contribution < -0.4 is 5.73 Å². The van der Waals surface area contributed by atoms with Crippen LogP contribution in [0.3, 0.4) is 0 Å². The Labute approximate surface area is 160 Å². The summed E-state index contributed by atoms with van der Waals surface area (Å²) in [7, 11) is 0. The van der Waals surface area contributed by atoms with Gasteiger partial charge in [-0.1, -0.05) is 45.0 Å². The van der Waals surface area contributed by atoms with Crippen molar-refractivity contribution < 1.29 is 9.32 Å². The Bertz CT molecular complexity index is 784. The zero-order chi connectivity index (χ0) is 18.2. The molecule has 7 heteroatoms. The van der Waals surface area contributed by atoms with Gasteiger partial charge in [0.2, 0.25) is 0 Å². The summed E-state index contributed by atoms with van der Waals surface area (Å²) in [5.74, 6) is 1.000. The summed E-state index contributed by atoms with van der Waals surface area (Å²) in [6.07, 6.45) is 0.923. The van der Waals surface area contributed by atoms with Crippen molar-refractivity contribution in [2.45, 2.75) is 39.5 Å². The van der Waals surface area contributed by atoms with E-state index in [9.17, 15) is 4.79 Å². The second kappa shape index (κ2) is 7.37. The SMILES string of the molecule is CC1(CN)CCN(C(=O)c2ccccc2-c2nc(C(C)(C)C)no2)C1.Cl. The molecule has 1 saturated heterocycles. The lowest BCUT2D eigenvalue weighted by molar-refractivity contribution is 0.0777. The van der Waals surface area contributed by atoms with Crippen molar-refractivity contribution in [3.8, 4) is 11.5 Å². The van der Waals surface area contributed by atoms with Crippen LogP contribution in [0, 0.1) is 5.41 Å². The van der Waals surface area contributed by atoms with Crippen LogP contribution in [0.4, 0.5) is 0 Å². The molecule has 0 aliphatic carbocycles. The zero-order valence-electron chi connectivity index (χ0n) is 15.8. The quantitative estimate of drug-likeness (QED) is 0.885. The molecule has 3 rings (SSSR count). The second-order valence-electron chi connectivity index (χ2n) is 8.21. The number of nitrogens with zero attached hydrogens (tertiary/aromatic N) is 3. The number of aromatic nitrogens is 2. The van der Waals surface area contributed by atoms with E-state index >= 15 is 0 Å². The summed E-state index contributed by atoms with van der Waals surface area (Å²) in [5.41, 5.74) is 6.92. The zero-order valence-corrected chi connectivity index (χ0v) is 16.6. The van der Waals surface area contributed by atoms with Crippen molar-refractivity contribution in [2.75, 3.05) is 19.6 Å². The Hall–Kier alpha value is -1.92. The molecular formula is C19H27ClN4O2. The molecule has 1 aliphatic rings. The van der Waals surface area contributed by atoms with Crippen LogP contribution in [0.25, 0.3) is 11.5 Å². The molecule has 142 valence electrons. The fourth-order valence-corrected chi connectivity index (χ4v) is 3.03. The highest BCUT2D eigenvalue weighted by Crippen LogP contribution is 2.32. The average Bonchev–Trinajstić information content (AvgIpc) is 3.21. The fraction of sp³-hybridized carbons (Fsp3) is 0.526. The monoisotopic (exact) mass is 378 g/mol. The van der Waals surface area contributed by atoms with E-state index in [0.29, 0.717) is 35.9 Å². The Morgan fingerprint density at radius 2 is 2.04 bits per heavy atom. The van der Waals surface area contributed by atoms with Gasteiger partial charge in [0.05, 0.1) is 11.1 Å². The van der Waals surface area contributed by atoms with Gasteiger partial charge < -0.3 is 15.2 Å². The lowest BCUT2D eigenvalue weighted by Crippen LogP contribution is -2.34. The second-order valence-corrected chi connectivity index (χ2v) is 8.21. The maximum atomic E-state index is 13.0. The van der Waals surface area contributed by atoms with E-state index in [1.54, 1.807) is 0 Å². The van der Waals surface area contributed by atoms with Gasteiger partial charge in [-0.2, -0.15) is 4.98 Å². The molecule has 1 aliphatic heterocycles. The number of amides is 1. The molecule has 0 radical (unpaired) electrons. The van der Waals surface area contributed by atoms with Crippen molar-refractivity contribution in [1.82, 2.24) is 15.0 Å². The smallest absolute Gasteiger partial charge is 0.258 e. The first-order valence-corrected chi connectivity index (χ1v) is 8.66. The number of carbonyl (C=O) groups excluding carboxylic acids is 1. The van der Waals surface area contributed by atoms with Gasteiger partial charge in [0.15, 0.2) is 5.82 Å². The maximum Gasteiger partial charge on any atom is 0.258 e. The minimum Gasteiger partial charge on any atom is -0.338 e. The highest BCUT2D eigenvalue weighted by Gasteiger charge is 2.36. The maximum absolute atomic E-state index is 13.0. The average molecular weight is 379 g/mol. The summed E-state index contributed by atoms with van der Waals surface area (Å²) >= 11 is 0. The number of benzene rings is 1. The first-order valence-electron chi connectivity index (χ1n) is 8.66. The molecule has 0 saturated carbocycles. The molecule has 2 aromatic rings. The van der Waals surface area contributed by atoms with E-state index in [4.69, 9.17) is 10.3 Å². The van der Waals surface area contributed by atoms with Crippen molar-refractivity contribution >= 4 is 18.3 Å². The number of likely N-dealkylation sites (tertiary alicyclic amines) is 1. The van der Waals surface area contributed by atoms with Crippen LogP contribution >= 0.6 is 12.4 Å². The lowest BCUT2D eigenvalue weighted by Gasteiger charge is -2.23. The van der Waals surface area contributed by atoms with Crippen molar-refractivity contribution in [1.29, 1.82) is 0 Å². The molecular weight excluding hydrogens is 352 g/mol. The molecule has 1 aromatic carbocycles. The minimum absolute atomic E-state index is 0. The Morgan fingerprint density at radius 1 is 1.35 bits per heavy atom. The molecule has 26 heavy (non-hydrogen) atoms. The van der Waals surface area contributed by atoms with Crippen molar-refractivity contribution in [3.05, 3.63) is 35.7 Å². The van der Waals surface area contributed by atoms with Crippen molar-refractivity contribution in [2.24, 2.45) is 11.1 Å². The predicted octanol–water partition coefficient (Wildman–Crippen LogP) is 3.27. The molecule has 1 aromatic heterocycles. The fourth-order valence-electron chi connectivity index (χ4n) is 3.03. The van der Waals surface area contributed by atoms with Gasteiger partial charge in [-0.3, -0.25) is 4.79 Å². The van der Waals surface area contributed by atoms with Crippen LogP contribution in [0.2, 0.25) is 0 Å². The van der Waals surface area contributed by atoms with Crippen molar-refractivity contribution in [3.63, 3.8) is 0 Å². The highest BCUT2D eigenvalue weighted by atomic mass is 35.5. The Kier molecular flexibility index (Phi) is 5.78. The van der Waals surface area contributed by atoms with E-state index in [-0.39, 0.29) is 29.1 Å². The van der Waals surface area contributed by atoms with Crippen LogP contribution in [-0.2, 0) is 5.41 Å². The largest absolute Gasteiger partial charge is 0.338 e. The van der Waals surface area contributed by atoms with E-state index < -0.39 is 0 Å². The normalized spacial score (nSPS) is 20.1. The summed E-state index contributed by atoms with van der Waals surface area (Å²) < 4.78 is 5.44. The Morgan fingerprint density at radius 3 is 2.62 bits per heavy atom. The first-order chi connectivity index (χ1) is 11.7. The number of carbonyl (C=O) groups is 1. The van der Waals surface area contributed by atoms with Crippen LogP contribution in [-0.4, -0.2) is 40.6 Å². The van der Waals surface area contributed by atoms with E-state index in [1.807, 2.05) is 49.9 Å². The van der Waals surface area contributed by atoms with E-state index in [2.05, 4.69) is 17.1 Å². The molecule has 2 N–H and O–H groups in total. The van der Waals surface area contributed by atoms with E-state index in [0.717, 1.165) is 13.0 Å². The highest BCUT2D eigenvalue weighted by molar-refractivity contribution is 6.00. The van der Waals surface area contributed by atoms with Crippen LogP contribution in [0.1, 0.15) is 50.3 Å². The third kappa shape index (κ3) is 3.91. The van der Waals surface area contributed by atoms with E-state index in [1.165, 1.54) is 0 Å². The molecule has 0 spiro atoms. The predicted molar refractivity (Wildman–Crippen MR) is 103 cm³/mol. The van der Waals surface area contributed by atoms with Gasteiger partial charge >= 0.3 is 0 Å². The topological polar surface area (TPSA) is 85.2 Å². The molecule has 0 bridgehead atoms. The number of rotatable bonds is 3. The molecule has 1 amide bonds. The first kappa shape index (κ1) is 20.4. The molecule has 1 atom stereocenters. The molecule has 1 unspecified atom stereocenters. The number of hydrogen-bond donors (Lipinski definition) is 1. The van der Waals surface area contributed by atoms with Gasteiger partial charge in [-0.05, 0) is 30.5 Å². The van der Waals surface area contributed by atoms with Gasteiger partial charge in [0.1, 0.15) is 0 Å². The minimum atomic E-state index is -0.210. The Balaban J connectivity index is 0.00000243. The van der Waals surface area contributed by atoms with Gasteiger partial charge in [-0.15, -0.1) is 12.4 Å². The van der Waals surface area contributed by atoms with Crippen LogP contribution in [0.5, 0.6) is 0 Å². The lowest BCUT2D eigenvalue weighted by atomic mass is 9.90. The van der Waals surface area contributed by atoms with Crippen LogP contribution in [0.15, 0.2) is 28.8 Å².